The van der Waals surface area contributed by atoms with Crippen molar-refractivity contribution >= 4 is 28.6 Å². The second kappa shape index (κ2) is 5.10. The molecule has 4 rings (SSSR count). The molecule has 22 heavy (non-hydrogen) atoms. The van der Waals surface area contributed by atoms with E-state index in [1.807, 2.05) is 31.5 Å². The zero-order valence-electron chi connectivity index (χ0n) is 12.4. The molecule has 2 aliphatic heterocycles. The zero-order valence-corrected chi connectivity index (χ0v) is 12.4. The maximum Gasteiger partial charge on any atom is 0.273 e. The van der Waals surface area contributed by atoms with Gasteiger partial charge in [-0.2, -0.15) is 5.10 Å². The van der Waals surface area contributed by atoms with E-state index < -0.39 is 0 Å². The van der Waals surface area contributed by atoms with Crippen LogP contribution in [0.2, 0.25) is 0 Å². The molecular formula is C17H17N3O2. The van der Waals surface area contributed by atoms with E-state index in [2.05, 4.69) is 27.2 Å². The quantitative estimate of drug-likeness (QED) is 0.862. The number of aryl methyl sites for hydroxylation is 1. The maximum absolute atomic E-state index is 12.1. The van der Waals surface area contributed by atoms with Crippen molar-refractivity contribution in [3.05, 3.63) is 41.6 Å². The van der Waals surface area contributed by atoms with Gasteiger partial charge < -0.3 is 9.30 Å². The summed E-state index contributed by atoms with van der Waals surface area (Å²) in [6, 6.07) is 8.18. The molecule has 1 aromatic heterocycles. The zero-order chi connectivity index (χ0) is 15.1. The summed E-state index contributed by atoms with van der Waals surface area (Å²) in [5.41, 5.74) is 6.27. The molecule has 0 bridgehead atoms. The molecule has 1 N–H and O–H groups in total. The summed E-state index contributed by atoms with van der Waals surface area (Å²) in [7, 11) is 2.01. The van der Waals surface area contributed by atoms with E-state index in [9.17, 15) is 4.79 Å². The second-order valence-corrected chi connectivity index (χ2v) is 5.77. The molecule has 2 aromatic rings. The summed E-state index contributed by atoms with van der Waals surface area (Å²) >= 11 is 0. The molecule has 1 aromatic carbocycles. The molecule has 1 saturated heterocycles. The molecule has 3 heterocycles. The Labute approximate surface area is 128 Å². The van der Waals surface area contributed by atoms with Gasteiger partial charge >= 0.3 is 0 Å². The molecule has 5 heteroatoms. The number of hydrazone groups is 1. The minimum absolute atomic E-state index is 0.130. The molecule has 2 aliphatic rings. The van der Waals surface area contributed by atoms with Crippen LogP contribution in [-0.4, -0.2) is 29.4 Å². The van der Waals surface area contributed by atoms with E-state index in [0.717, 1.165) is 35.2 Å². The number of amides is 1. The Kier molecular flexibility index (Phi) is 3.08. The number of ether oxygens (including phenoxy) is 1. The van der Waals surface area contributed by atoms with Gasteiger partial charge in [-0.1, -0.05) is 18.2 Å². The number of nitrogens with one attached hydrogen (secondary N) is 1. The van der Waals surface area contributed by atoms with Crippen molar-refractivity contribution in [3.8, 4) is 0 Å². The molecule has 1 fully saturated rings. The van der Waals surface area contributed by atoms with Crippen LogP contribution in [0.4, 0.5) is 0 Å². The van der Waals surface area contributed by atoms with Crippen molar-refractivity contribution in [2.45, 2.75) is 6.42 Å². The Balaban J connectivity index is 1.79. The van der Waals surface area contributed by atoms with Gasteiger partial charge in [0, 0.05) is 42.2 Å². The van der Waals surface area contributed by atoms with E-state index in [-0.39, 0.29) is 11.8 Å². The number of carbonyl (C=O) groups excluding carboxylic acids is 1. The Morgan fingerprint density at radius 1 is 1.41 bits per heavy atom. The van der Waals surface area contributed by atoms with Crippen molar-refractivity contribution in [2.24, 2.45) is 18.1 Å². The van der Waals surface area contributed by atoms with Crippen LogP contribution in [0, 0.1) is 5.92 Å². The Morgan fingerprint density at radius 3 is 3.09 bits per heavy atom. The molecule has 0 saturated carbocycles. The van der Waals surface area contributed by atoms with Crippen LogP contribution in [0.15, 0.2) is 41.1 Å². The summed E-state index contributed by atoms with van der Waals surface area (Å²) in [4.78, 5) is 12.1. The topological polar surface area (TPSA) is 55.6 Å². The van der Waals surface area contributed by atoms with Gasteiger partial charge in [0.1, 0.15) is 0 Å². The average molecular weight is 295 g/mol. The van der Waals surface area contributed by atoms with E-state index in [1.54, 1.807) is 0 Å². The molecule has 0 radical (unpaired) electrons. The van der Waals surface area contributed by atoms with Gasteiger partial charge in [-0.15, -0.1) is 0 Å². The van der Waals surface area contributed by atoms with Gasteiger partial charge in [0.2, 0.25) is 0 Å². The number of nitrogens with zero attached hydrogens (tertiary/aromatic N) is 2. The SMILES string of the molecule is Cn1cc(C=C2C(=O)NN=C2C2CCOC2)c2ccccc21. The molecular weight excluding hydrogens is 278 g/mol. The Bertz CT molecular complexity index is 810. The van der Waals surface area contributed by atoms with Crippen LogP contribution in [0.25, 0.3) is 17.0 Å². The number of rotatable bonds is 2. The first-order valence-electron chi connectivity index (χ1n) is 7.46. The molecule has 5 nitrogen and oxygen atoms in total. The second-order valence-electron chi connectivity index (χ2n) is 5.77. The predicted molar refractivity (Wildman–Crippen MR) is 85.4 cm³/mol. The fourth-order valence-electron chi connectivity index (χ4n) is 3.19. The van der Waals surface area contributed by atoms with Gasteiger partial charge in [0.05, 0.1) is 17.9 Å². The van der Waals surface area contributed by atoms with Crippen LogP contribution in [0.5, 0.6) is 0 Å². The minimum atomic E-state index is -0.130. The lowest BCUT2D eigenvalue weighted by atomic mass is 9.95. The highest BCUT2D eigenvalue weighted by Crippen LogP contribution is 2.27. The van der Waals surface area contributed by atoms with Gasteiger partial charge in [-0.3, -0.25) is 4.79 Å². The lowest BCUT2D eigenvalue weighted by molar-refractivity contribution is -0.116. The lowest BCUT2D eigenvalue weighted by Gasteiger charge is -2.06. The van der Waals surface area contributed by atoms with Crippen molar-refractivity contribution in [1.82, 2.24) is 9.99 Å². The van der Waals surface area contributed by atoms with Crippen LogP contribution in [0.3, 0.4) is 0 Å². The summed E-state index contributed by atoms with van der Waals surface area (Å²) < 4.78 is 7.50. The normalized spacial score (nSPS) is 23.3. The summed E-state index contributed by atoms with van der Waals surface area (Å²) in [6.07, 6.45) is 4.91. The van der Waals surface area contributed by atoms with Crippen LogP contribution >= 0.6 is 0 Å². The molecule has 1 unspecified atom stereocenters. The maximum atomic E-state index is 12.1. The predicted octanol–water partition coefficient (Wildman–Crippen LogP) is 2.08. The molecule has 0 aliphatic carbocycles. The first kappa shape index (κ1) is 13.3. The van der Waals surface area contributed by atoms with Crippen LogP contribution in [-0.2, 0) is 16.6 Å². The number of carbonyl (C=O) groups is 1. The van der Waals surface area contributed by atoms with Crippen molar-refractivity contribution in [1.29, 1.82) is 0 Å². The monoisotopic (exact) mass is 295 g/mol. The number of hydrogen-bond acceptors (Lipinski definition) is 3. The lowest BCUT2D eigenvalue weighted by Crippen LogP contribution is -2.18. The van der Waals surface area contributed by atoms with Crippen molar-refractivity contribution < 1.29 is 9.53 Å². The third-order valence-electron chi connectivity index (χ3n) is 4.34. The average Bonchev–Trinajstić information content (AvgIpc) is 3.23. The van der Waals surface area contributed by atoms with Gasteiger partial charge in [0.15, 0.2) is 0 Å². The number of benzene rings is 1. The molecule has 1 amide bonds. The van der Waals surface area contributed by atoms with E-state index in [1.165, 1.54) is 0 Å². The molecule has 1 atom stereocenters. The fraction of sp³-hybridized carbons (Fsp3) is 0.294. The standard InChI is InChI=1S/C17H17N3O2/c1-20-9-12(13-4-2-3-5-15(13)20)8-14-16(18-19-17(14)21)11-6-7-22-10-11/h2-5,8-9,11H,6-7,10H2,1H3,(H,19,21). The smallest absolute Gasteiger partial charge is 0.273 e. The third-order valence-corrected chi connectivity index (χ3v) is 4.34. The van der Waals surface area contributed by atoms with E-state index >= 15 is 0 Å². The Hall–Kier alpha value is -2.40. The van der Waals surface area contributed by atoms with Gasteiger partial charge in [-0.05, 0) is 18.6 Å². The molecule has 0 spiro atoms. The van der Waals surface area contributed by atoms with E-state index in [4.69, 9.17) is 4.74 Å². The van der Waals surface area contributed by atoms with Gasteiger partial charge in [0.25, 0.3) is 5.91 Å². The number of para-hydroxylation sites is 1. The summed E-state index contributed by atoms with van der Waals surface area (Å²) in [5, 5.41) is 5.36. The highest BCUT2D eigenvalue weighted by atomic mass is 16.5. The highest BCUT2D eigenvalue weighted by Gasteiger charge is 2.31. The summed E-state index contributed by atoms with van der Waals surface area (Å²) in [6.45, 7) is 1.38. The van der Waals surface area contributed by atoms with Crippen LogP contribution in [0.1, 0.15) is 12.0 Å². The first-order valence-corrected chi connectivity index (χ1v) is 7.46. The highest BCUT2D eigenvalue weighted by molar-refractivity contribution is 6.28. The molecule has 112 valence electrons. The first-order chi connectivity index (χ1) is 10.7. The summed E-state index contributed by atoms with van der Waals surface area (Å²) in [5.74, 6) is 0.0787. The fourth-order valence-corrected chi connectivity index (χ4v) is 3.19. The van der Waals surface area contributed by atoms with Crippen molar-refractivity contribution in [3.63, 3.8) is 0 Å². The van der Waals surface area contributed by atoms with Crippen LogP contribution < -0.4 is 5.43 Å². The third kappa shape index (κ3) is 2.05. The number of aromatic nitrogens is 1. The number of hydrogen-bond donors (Lipinski definition) is 1. The largest absolute Gasteiger partial charge is 0.381 e. The van der Waals surface area contributed by atoms with Crippen molar-refractivity contribution in [2.75, 3.05) is 13.2 Å². The Morgan fingerprint density at radius 2 is 2.27 bits per heavy atom. The van der Waals surface area contributed by atoms with E-state index in [0.29, 0.717) is 12.2 Å². The van der Waals surface area contributed by atoms with Gasteiger partial charge in [-0.25, -0.2) is 5.43 Å². The minimum Gasteiger partial charge on any atom is -0.381 e. The number of fused-ring (bicyclic) bond motifs is 1.